The predicted molar refractivity (Wildman–Crippen MR) is 70.7 cm³/mol. The summed E-state index contributed by atoms with van der Waals surface area (Å²) in [7, 11) is 0. The maximum absolute atomic E-state index is 3.59. The molecule has 0 radical (unpaired) electrons. The fourth-order valence-corrected chi connectivity index (χ4v) is 3.23. The third-order valence-electron chi connectivity index (χ3n) is 3.28. The van der Waals surface area contributed by atoms with Gasteiger partial charge in [0.05, 0.1) is 3.74 Å². The van der Waals surface area contributed by atoms with Gasteiger partial charge in [-0.25, -0.2) is 0 Å². The highest BCUT2D eigenvalue weighted by atomic mass is 79.9. The molecule has 0 aliphatic rings. The standard InChI is InChI=1S/C12H16Br2/c1-6-7(2)9(4)11(12(13)14)10(5)8(6)3/h12H,1-5H3. The maximum Gasteiger partial charge on any atom is 0.0951 e. The van der Waals surface area contributed by atoms with E-state index in [0.717, 1.165) is 0 Å². The number of halogens is 2. The molecule has 0 aliphatic carbocycles. The van der Waals surface area contributed by atoms with Crippen molar-refractivity contribution in [2.75, 3.05) is 0 Å². The Kier molecular flexibility index (Phi) is 3.81. The van der Waals surface area contributed by atoms with E-state index in [-0.39, 0.29) is 3.74 Å². The summed E-state index contributed by atoms with van der Waals surface area (Å²) in [6, 6.07) is 0. The Hall–Kier alpha value is 0.180. The van der Waals surface area contributed by atoms with Crippen molar-refractivity contribution in [3.63, 3.8) is 0 Å². The molecule has 0 bridgehead atoms. The van der Waals surface area contributed by atoms with E-state index in [1.807, 2.05) is 0 Å². The van der Waals surface area contributed by atoms with E-state index in [9.17, 15) is 0 Å². The molecule has 1 aromatic carbocycles. The van der Waals surface area contributed by atoms with E-state index in [4.69, 9.17) is 0 Å². The number of alkyl halides is 2. The van der Waals surface area contributed by atoms with Crippen molar-refractivity contribution in [2.45, 2.75) is 38.4 Å². The van der Waals surface area contributed by atoms with Crippen LogP contribution in [-0.4, -0.2) is 0 Å². The van der Waals surface area contributed by atoms with E-state index < -0.39 is 0 Å². The molecule has 0 saturated carbocycles. The van der Waals surface area contributed by atoms with Gasteiger partial charge < -0.3 is 0 Å². The highest BCUT2D eigenvalue weighted by molar-refractivity contribution is 9.24. The van der Waals surface area contributed by atoms with E-state index in [0.29, 0.717) is 0 Å². The second kappa shape index (κ2) is 4.36. The van der Waals surface area contributed by atoms with E-state index in [2.05, 4.69) is 66.5 Å². The van der Waals surface area contributed by atoms with Crippen LogP contribution >= 0.6 is 31.9 Å². The second-order valence-corrected chi connectivity index (χ2v) is 6.90. The Morgan fingerprint density at radius 1 is 0.643 bits per heavy atom. The van der Waals surface area contributed by atoms with Crippen LogP contribution in [0, 0.1) is 34.6 Å². The largest absolute Gasteiger partial charge is 0.0951 e. The van der Waals surface area contributed by atoms with Gasteiger partial charge >= 0.3 is 0 Å². The average molecular weight is 320 g/mol. The van der Waals surface area contributed by atoms with E-state index >= 15 is 0 Å². The number of rotatable bonds is 1. The van der Waals surface area contributed by atoms with Crippen LogP contribution in [0.5, 0.6) is 0 Å². The van der Waals surface area contributed by atoms with E-state index in [1.165, 1.54) is 33.4 Å². The van der Waals surface area contributed by atoms with Crippen molar-refractivity contribution in [3.8, 4) is 0 Å². The predicted octanol–water partition coefficient (Wildman–Crippen LogP) is 5.02. The van der Waals surface area contributed by atoms with Gasteiger partial charge in [-0.1, -0.05) is 31.9 Å². The van der Waals surface area contributed by atoms with Gasteiger partial charge in [0.25, 0.3) is 0 Å². The molecule has 0 N–H and O–H groups in total. The summed E-state index contributed by atoms with van der Waals surface area (Å²) in [5.41, 5.74) is 8.41. The fraction of sp³-hybridized carbons (Fsp3) is 0.500. The van der Waals surface area contributed by atoms with Crippen LogP contribution in [0.4, 0.5) is 0 Å². The van der Waals surface area contributed by atoms with Crippen LogP contribution in [0.25, 0.3) is 0 Å². The van der Waals surface area contributed by atoms with Crippen LogP contribution in [0.1, 0.15) is 37.1 Å². The lowest BCUT2D eigenvalue weighted by molar-refractivity contribution is 1.12. The van der Waals surface area contributed by atoms with Gasteiger partial charge in [-0.3, -0.25) is 0 Å². The first-order chi connectivity index (χ1) is 6.37. The zero-order chi connectivity index (χ0) is 11.0. The summed E-state index contributed by atoms with van der Waals surface area (Å²) >= 11 is 7.19. The van der Waals surface area contributed by atoms with Crippen LogP contribution in [-0.2, 0) is 0 Å². The molecule has 0 amide bonds. The van der Waals surface area contributed by atoms with Crippen LogP contribution in [0.2, 0.25) is 0 Å². The van der Waals surface area contributed by atoms with Gasteiger partial charge in [-0.15, -0.1) is 0 Å². The highest BCUT2D eigenvalue weighted by Gasteiger charge is 2.15. The Morgan fingerprint density at radius 3 is 1.21 bits per heavy atom. The monoisotopic (exact) mass is 318 g/mol. The van der Waals surface area contributed by atoms with Crippen molar-refractivity contribution in [3.05, 3.63) is 33.4 Å². The molecule has 14 heavy (non-hydrogen) atoms. The SMILES string of the molecule is Cc1c(C)c(C)c(C(Br)Br)c(C)c1C. The molecule has 0 aliphatic heterocycles. The summed E-state index contributed by atoms with van der Waals surface area (Å²) < 4.78 is 0.257. The smallest absolute Gasteiger partial charge is 0.0712 e. The third kappa shape index (κ3) is 1.92. The van der Waals surface area contributed by atoms with Gasteiger partial charge in [0.2, 0.25) is 0 Å². The van der Waals surface area contributed by atoms with Crippen molar-refractivity contribution >= 4 is 31.9 Å². The number of hydrogen-bond donors (Lipinski definition) is 0. The fourth-order valence-electron chi connectivity index (χ4n) is 1.86. The van der Waals surface area contributed by atoms with E-state index in [1.54, 1.807) is 0 Å². The van der Waals surface area contributed by atoms with Crippen molar-refractivity contribution < 1.29 is 0 Å². The molecular formula is C12H16Br2. The maximum atomic E-state index is 3.59. The first-order valence-electron chi connectivity index (χ1n) is 4.73. The Balaban J connectivity index is 3.60. The van der Waals surface area contributed by atoms with Gasteiger partial charge in [0.15, 0.2) is 0 Å². The highest BCUT2D eigenvalue weighted by Crippen LogP contribution is 2.37. The Bertz CT molecular complexity index is 336. The molecule has 0 spiro atoms. The minimum Gasteiger partial charge on any atom is -0.0712 e. The molecule has 0 saturated heterocycles. The van der Waals surface area contributed by atoms with Gasteiger partial charge in [0.1, 0.15) is 0 Å². The lowest BCUT2D eigenvalue weighted by Gasteiger charge is -2.19. The quantitative estimate of drug-likeness (QED) is 0.638. The summed E-state index contributed by atoms with van der Waals surface area (Å²) in [6.07, 6.45) is 0. The second-order valence-electron chi connectivity index (χ2n) is 3.84. The molecule has 0 heterocycles. The van der Waals surface area contributed by atoms with Gasteiger partial charge in [-0.2, -0.15) is 0 Å². The van der Waals surface area contributed by atoms with Crippen LogP contribution < -0.4 is 0 Å². The van der Waals surface area contributed by atoms with Crippen molar-refractivity contribution in [1.29, 1.82) is 0 Å². The topological polar surface area (TPSA) is 0 Å². The first kappa shape index (κ1) is 12.3. The van der Waals surface area contributed by atoms with Crippen LogP contribution in [0.15, 0.2) is 0 Å². The Labute approximate surface area is 103 Å². The molecule has 1 rings (SSSR count). The van der Waals surface area contributed by atoms with Crippen LogP contribution in [0.3, 0.4) is 0 Å². The molecule has 0 unspecified atom stereocenters. The summed E-state index contributed by atoms with van der Waals surface area (Å²) in [5.74, 6) is 0. The summed E-state index contributed by atoms with van der Waals surface area (Å²) in [6.45, 7) is 11.0. The molecule has 0 atom stereocenters. The van der Waals surface area contributed by atoms with Gasteiger partial charge in [0, 0.05) is 0 Å². The minimum atomic E-state index is 0.257. The lowest BCUT2D eigenvalue weighted by Crippen LogP contribution is -2.01. The minimum absolute atomic E-state index is 0.257. The third-order valence-corrected chi connectivity index (χ3v) is 4.19. The van der Waals surface area contributed by atoms with Crippen molar-refractivity contribution in [1.82, 2.24) is 0 Å². The Morgan fingerprint density at radius 2 is 0.929 bits per heavy atom. The molecule has 0 nitrogen and oxygen atoms in total. The normalized spacial score (nSPS) is 11.1. The zero-order valence-corrected chi connectivity index (χ0v) is 12.5. The summed E-state index contributed by atoms with van der Waals surface area (Å²) in [4.78, 5) is 0. The zero-order valence-electron chi connectivity index (χ0n) is 9.33. The molecule has 1 aromatic rings. The number of benzene rings is 1. The first-order valence-corrected chi connectivity index (χ1v) is 6.56. The molecule has 0 aromatic heterocycles. The average Bonchev–Trinajstić information content (AvgIpc) is 2.11. The lowest BCUT2D eigenvalue weighted by atomic mass is 9.90. The molecular weight excluding hydrogens is 304 g/mol. The summed E-state index contributed by atoms with van der Waals surface area (Å²) in [5, 5.41) is 0. The molecule has 78 valence electrons. The number of hydrogen-bond acceptors (Lipinski definition) is 0. The molecule has 0 fully saturated rings. The van der Waals surface area contributed by atoms with Crippen molar-refractivity contribution in [2.24, 2.45) is 0 Å². The van der Waals surface area contributed by atoms with Gasteiger partial charge in [-0.05, 0) is 68.0 Å². The molecule has 2 heteroatoms.